The summed E-state index contributed by atoms with van der Waals surface area (Å²) < 4.78 is 9.34. The first-order valence-electron chi connectivity index (χ1n) is 19.4. The fraction of sp³-hybridized carbons (Fsp3) is 0. The summed E-state index contributed by atoms with van der Waals surface area (Å²) in [5.74, 6) is 0. The molecule has 12 rings (SSSR count). The topological polar surface area (TPSA) is 16.4 Å². The van der Waals surface area contributed by atoms with E-state index in [0.29, 0.717) is 0 Å². The molecule has 2 nitrogen and oxygen atoms in total. The first-order valence-corrected chi connectivity index (χ1v) is 20.2. The predicted molar refractivity (Wildman–Crippen MR) is 245 cm³/mol. The average molecular weight is 744 g/mol. The standard InChI is InChI=1S/C54H33NOS/c1-2-15-35(16-3-1)51-43-23-8-6-20-40(43)41-21-7-9-24-44(41)52(51)36-17-12-18-37(32-36)55(38-29-31-50-46(33-38)42-22-10-11-27-49(42)57-50)47-25-13-26-48-53(47)45-30-28-34-14-4-5-19-39(34)54(45)56-48/h1-33H. The fourth-order valence-corrected chi connectivity index (χ4v) is 10.2. The van der Waals surface area contributed by atoms with Gasteiger partial charge in [-0.3, -0.25) is 0 Å². The molecule has 0 aliphatic heterocycles. The van der Waals surface area contributed by atoms with Gasteiger partial charge < -0.3 is 9.32 Å². The zero-order chi connectivity index (χ0) is 37.5. The summed E-state index contributed by atoms with van der Waals surface area (Å²) in [6.45, 7) is 0. The van der Waals surface area contributed by atoms with Crippen LogP contribution in [0.5, 0.6) is 0 Å². The van der Waals surface area contributed by atoms with Crippen LogP contribution in [0.2, 0.25) is 0 Å². The summed E-state index contributed by atoms with van der Waals surface area (Å²) in [6.07, 6.45) is 0. The molecule has 0 radical (unpaired) electrons. The van der Waals surface area contributed by atoms with Crippen molar-refractivity contribution >= 4 is 103 Å². The SMILES string of the molecule is c1ccc(-c2c(-c3cccc(N(c4ccc5sc6ccccc6c5c4)c4cccc5oc6c7ccccc7ccc6c45)c3)c3ccccc3c3ccccc23)cc1. The first-order chi connectivity index (χ1) is 28.3. The van der Waals surface area contributed by atoms with Gasteiger partial charge in [-0.25, -0.2) is 0 Å². The van der Waals surface area contributed by atoms with Crippen molar-refractivity contribution in [1.29, 1.82) is 0 Å². The second-order valence-electron chi connectivity index (χ2n) is 14.8. The summed E-state index contributed by atoms with van der Waals surface area (Å²) in [7, 11) is 0. The molecule has 3 heteroatoms. The van der Waals surface area contributed by atoms with Gasteiger partial charge in [0.15, 0.2) is 0 Å². The van der Waals surface area contributed by atoms with Crippen molar-refractivity contribution in [2.24, 2.45) is 0 Å². The molecule has 2 heterocycles. The summed E-state index contributed by atoms with van der Waals surface area (Å²) in [4.78, 5) is 2.44. The highest BCUT2D eigenvalue weighted by atomic mass is 32.1. The van der Waals surface area contributed by atoms with Crippen LogP contribution in [0, 0.1) is 0 Å². The smallest absolute Gasteiger partial charge is 0.143 e. The lowest BCUT2D eigenvalue weighted by Crippen LogP contribution is -2.10. The van der Waals surface area contributed by atoms with Crippen LogP contribution in [0.4, 0.5) is 17.1 Å². The highest BCUT2D eigenvalue weighted by Crippen LogP contribution is 2.49. The van der Waals surface area contributed by atoms with Gasteiger partial charge in [-0.2, -0.15) is 0 Å². The molecule has 0 spiro atoms. The van der Waals surface area contributed by atoms with Crippen LogP contribution in [0.1, 0.15) is 0 Å². The van der Waals surface area contributed by atoms with Crippen LogP contribution in [-0.4, -0.2) is 0 Å². The number of nitrogens with zero attached hydrogens (tertiary/aromatic N) is 1. The Morgan fingerprint density at radius 2 is 0.982 bits per heavy atom. The minimum absolute atomic E-state index is 0.869. The molecule has 0 amide bonds. The zero-order valence-electron chi connectivity index (χ0n) is 30.8. The van der Waals surface area contributed by atoms with Crippen molar-refractivity contribution in [3.8, 4) is 22.3 Å². The molecule has 0 unspecified atom stereocenters. The molecule has 0 aliphatic rings. The van der Waals surface area contributed by atoms with Gasteiger partial charge in [0, 0.05) is 42.3 Å². The van der Waals surface area contributed by atoms with E-state index in [-0.39, 0.29) is 0 Å². The van der Waals surface area contributed by atoms with E-state index < -0.39 is 0 Å². The Labute approximate surface area is 333 Å². The Bertz CT molecular complexity index is 3540. The fourth-order valence-electron chi connectivity index (χ4n) is 9.15. The molecule has 0 atom stereocenters. The Kier molecular flexibility index (Phi) is 7.13. The molecule has 57 heavy (non-hydrogen) atoms. The number of benzene rings is 10. The first kappa shape index (κ1) is 32.1. The van der Waals surface area contributed by atoms with Crippen LogP contribution in [0.3, 0.4) is 0 Å². The van der Waals surface area contributed by atoms with E-state index in [1.807, 2.05) is 11.3 Å². The van der Waals surface area contributed by atoms with Crippen LogP contribution >= 0.6 is 11.3 Å². The Hall–Kier alpha value is -7.20. The second kappa shape index (κ2) is 12.7. The number of hydrogen-bond donors (Lipinski definition) is 0. The van der Waals surface area contributed by atoms with Crippen molar-refractivity contribution < 1.29 is 4.42 Å². The molecule has 0 fully saturated rings. The van der Waals surface area contributed by atoms with Crippen LogP contribution in [0.15, 0.2) is 205 Å². The molecule has 0 saturated heterocycles. The number of fused-ring (bicyclic) bond motifs is 11. The number of hydrogen-bond acceptors (Lipinski definition) is 3. The summed E-state index contributed by atoms with van der Waals surface area (Å²) >= 11 is 1.85. The highest BCUT2D eigenvalue weighted by molar-refractivity contribution is 7.25. The number of anilines is 3. The van der Waals surface area contributed by atoms with E-state index in [4.69, 9.17) is 4.42 Å². The van der Waals surface area contributed by atoms with Crippen molar-refractivity contribution in [1.82, 2.24) is 0 Å². The van der Waals surface area contributed by atoms with Crippen LogP contribution in [0.25, 0.3) is 96.7 Å². The van der Waals surface area contributed by atoms with Gasteiger partial charge in [0.1, 0.15) is 11.2 Å². The molecule has 2 aromatic heterocycles. The summed E-state index contributed by atoms with van der Waals surface area (Å²) in [5, 5.41) is 12.0. The monoisotopic (exact) mass is 743 g/mol. The van der Waals surface area contributed by atoms with Crippen molar-refractivity contribution in [2.45, 2.75) is 0 Å². The number of furan rings is 1. The van der Waals surface area contributed by atoms with Crippen molar-refractivity contribution in [2.75, 3.05) is 4.90 Å². The van der Waals surface area contributed by atoms with Crippen LogP contribution in [-0.2, 0) is 0 Å². The van der Waals surface area contributed by atoms with Gasteiger partial charge in [0.2, 0.25) is 0 Å². The normalized spacial score (nSPS) is 11.9. The van der Waals surface area contributed by atoms with E-state index >= 15 is 0 Å². The van der Waals surface area contributed by atoms with E-state index in [1.165, 1.54) is 63.8 Å². The largest absolute Gasteiger partial charge is 0.455 e. The number of thiophene rings is 1. The lowest BCUT2D eigenvalue weighted by Gasteiger charge is -2.27. The Morgan fingerprint density at radius 3 is 1.79 bits per heavy atom. The maximum Gasteiger partial charge on any atom is 0.143 e. The minimum Gasteiger partial charge on any atom is -0.455 e. The summed E-state index contributed by atoms with van der Waals surface area (Å²) in [6, 6.07) is 72.8. The lowest BCUT2D eigenvalue weighted by atomic mass is 9.85. The van der Waals surface area contributed by atoms with Gasteiger partial charge in [-0.15, -0.1) is 11.3 Å². The predicted octanol–water partition coefficient (Wildman–Crippen LogP) is 16.2. The molecule has 0 bridgehead atoms. The molecule has 12 aromatic rings. The van der Waals surface area contributed by atoms with E-state index in [9.17, 15) is 0 Å². The van der Waals surface area contributed by atoms with Gasteiger partial charge in [0.25, 0.3) is 0 Å². The molecule has 266 valence electrons. The molecular weight excluding hydrogens is 711 g/mol. The molecule has 10 aromatic carbocycles. The van der Waals surface area contributed by atoms with Crippen LogP contribution < -0.4 is 4.90 Å². The molecular formula is C54H33NOS. The molecule has 0 N–H and O–H groups in total. The summed E-state index contributed by atoms with van der Waals surface area (Å²) in [5.41, 5.74) is 9.87. The maximum absolute atomic E-state index is 6.77. The van der Waals surface area contributed by atoms with Gasteiger partial charge >= 0.3 is 0 Å². The second-order valence-corrected chi connectivity index (χ2v) is 15.9. The van der Waals surface area contributed by atoms with E-state index in [0.717, 1.165) is 50.0 Å². The average Bonchev–Trinajstić information content (AvgIpc) is 3.85. The Balaban J connectivity index is 1.17. The molecule has 0 saturated carbocycles. The third-order valence-electron chi connectivity index (χ3n) is 11.6. The Morgan fingerprint density at radius 1 is 0.368 bits per heavy atom. The quantitative estimate of drug-likeness (QED) is 0.163. The molecule has 0 aliphatic carbocycles. The van der Waals surface area contributed by atoms with Gasteiger partial charge in [-0.1, -0.05) is 146 Å². The zero-order valence-corrected chi connectivity index (χ0v) is 31.6. The van der Waals surface area contributed by atoms with Gasteiger partial charge in [-0.05, 0) is 104 Å². The van der Waals surface area contributed by atoms with Crippen molar-refractivity contribution in [3.63, 3.8) is 0 Å². The minimum atomic E-state index is 0.869. The third-order valence-corrected chi connectivity index (χ3v) is 12.8. The maximum atomic E-state index is 6.77. The van der Waals surface area contributed by atoms with Gasteiger partial charge in [0.05, 0.1) is 11.1 Å². The van der Waals surface area contributed by atoms with E-state index in [2.05, 4.69) is 205 Å². The van der Waals surface area contributed by atoms with Crippen molar-refractivity contribution in [3.05, 3.63) is 200 Å². The highest BCUT2D eigenvalue weighted by Gasteiger charge is 2.23. The third kappa shape index (κ3) is 4.96. The van der Waals surface area contributed by atoms with E-state index in [1.54, 1.807) is 0 Å². The lowest BCUT2D eigenvalue weighted by molar-refractivity contribution is 0.672. The number of rotatable bonds is 5.